The summed E-state index contributed by atoms with van der Waals surface area (Å²) in [6.45, 7) is 11.0. The number of hydrogen-bond acceptors (Lipinski definition) is 5. The summed E-state index contributed by atoms with van der Waals surface area (Å²) in [6.07, 6.45) is 5.44. The molecule has 1 aromatic rings. The van der Waals surface area contributed by atoms with Crippen LogP contribution in [0.2, 0.25) is 0 Å². The van der Waals surface area contributed by atoms with Crippen LogP contribution < -0.4 is 10.2 Å². The van der Waals surface area contributed by atoms with E-state index in [1.165, 1.54) is 12.8 Å². The van der Waals surface area contributed by atoms with E-state index < -0.39 is 0 Å². The summed E-state index contributed by atoms with van der Waals surface area (Å²) in [5.74, 6) is 2.52. The lowest BCUT2D eigenvalue weighted by Crippen LogP contribution is -2.47. The van der Waals surface area contributed by atoms with Crippen molar-refractivity contribution in [1.29, 1.82) is 0 Å². The number of hydrogen-bond donors (Lipinski definition) is 1. The zero-order valence-electron chi connectivity index (χ0n) is 16.5. The van der Waals surface area contributed by atoms with Crippen molar-refractivity contribution in [3.05, 3.63) is 17.6 Å². The highest BCUT2D eigenvalue weighted by atomic mass is 16.1. The van der Waals surface area contributed by atoms with E-state index in [1.807, 2.05) is 6.92 Å². The van der Waals surface area contributed by atoms with Gasteiger partial charge in [-0.3, -0.25) is 9.69 Å². The van der Waals surface area contributed by atoms with Crippen molar-refractivity contribution in [3.63, 3.8) is 0 Å². The van der Waals surface area contributed by atoms with Crippen LogP contribution in [0.3, 0.4) is 0 Å². The van der Waals surface area contributed by atoms with Crippen molar-refractivity contribution in [3.8, 4) is 0 Å². The SMILES string of the molecule is Cc1cc(N2CCN(CCC(=O)NC3CCCC3)CC2)nc(C(C)C)n1. The summed E-state index contributed by atoms with van der Waals surface area (Å²) in [5.41, 5.74) is 1.03. The minimum atomic E-state index is 0.215. The van der Waals surface area contributed by atoms with Crippen LogP contribution in [-0.2, 0) is 4.79 Å². The monoisotopic (exact) mass is 359 g/mol. The molecule has 144 valence electrons. The zero-order valence-corrected chi connectivity index (χ0v) is 16.5. The number of carbonyl (C=O) groups excluding carboxylic acids is 1. The van der Waals surface area contributed by atoms with Crippen molar-refractivity contribution in [1.82, 2.24) is 20.2 Å². The molecule has 2 fully saturated rings. The molecule has 1 aromatic heterocycles. The number of nitrogens with zero attached hydrogens (tertiary/aromatic N) is 4. The highest BCUT2D eigenvalue weighted by Crippen LogP contribution is 2.19. The van der Waals surface area contributed by atoms with Gasteiger partial charge in [-0.2, -0.15) is 0 Å². The Morgan fingerprint density at radius 1 is 1.19 bits per heavy atom. The molecule has 1 saturated heterocycles. The summed E-state index contributed by atoms with van der Waals surface area (Å²) >= 11 is 0. The Bertz CT molecular complexity index is 604. The van der Waals surface area contributed by atoms with Crippen LogP contribution in [0.1, 0.15) is 63.4 Å². The lowest BCUT2D eigenvalue weighted by atomic mass is 10.2. The second-order valence-corrected chi connectivity index (χ2v) is 8.01. The lowest BCUT2D eigenvalue weighted by Gasteiger charge is -2.35. The van der Waals surface area contributed by atoms with Crippen molar-refractivity contribution < 1.29 is 4.79 Å². The van der Waals surface area contributed by atoms with E-state index in [9.17, 15) is 4.79 Å². The maximum atomic E-state index is 12.1. The van der Waals surface area contributed by atoms with E-state index in [0.29, 0.717) is 18.4 Å². The molecule has 1 saturated carbocycles. The number of anilines is 1. The molecule has 0 spiro atoms. The molecule has 6 heteroatoms. The average Bonchev–Trinajstić information content (AvgIpc) is 3.13. The Morgan fingerprint density at radius 3 is 2.54 bits per heavy atom. The molecule has 1 aliphatic heterocycles. The molecule has 3 rings (SSSR count). The van der Waals surface area contributed by atoms with Gasteiger partial charge in [0.15, 0.2) is 0 Å². The first-order valence-corrected chi connectivity index (χ1v) is 10.1. The Kier molecular flexibility index (Phi) is 6.46. The normalized spacial score (nSPS) is 19.3. The molecule has 0 unspecified atom stereocenters. The Hall–Kier alpha value is -1.69. The van der Waals surface area contributed by atoms with Crippen LogP contribution >= 0.6 is 0 Å². The maximum absolute atomic E-state index is 12.1. The second-order valence-electron chi connectivity index (χ2n) is 8.01. The van der Waals surface area contributed by atoms with Crippen molar-refractivity contribution >= 4 is 11.7 Å². The van der Waals surface area contributed by atoms with Crippen molar-refractivity contribution in [2.24, 2.45) is 0 Å². The van der Waals surface area contributed by atoms with Crippen LogP contribution in [0, 0.1) is 6.92 Å². The average molecular weight is 360 g/mol. The Morgan fingerprint density at radius 2 is 1.88 bits per heavy atom. The molecule has 0 aromatic carbocycles. The summed E-state index contributed by atoms with van der Waals surface area (Å²) in [5, 5.41) is 3.18. The summed E-state index contributed by atoms with van der Waals surface area (Å²) in [6, 6.07) is 2.51. The number of nitrogens with one attached hydrogen (secondary N) is 1. The number of carbonyl (C=O) groups is 1. The molecule has 1 aliphatic carbocycles. The fourth-order valence-corrected chi connectivity index (χ4v) is 3.82. The fraction of sp³-hybridized carbons (Fsp3) is 0.750. The smallest absolute Gasteiger partial charge is 0.221 e. The predicted octanol–water partition coefficient (Wildman–Crippen LogP) is 2.48. The van der Waals surface area contributed by atoms with E-state index >= 15 is 0 Å². The second kappa shape index (κ2) is 8.80. The van der Waals surface area contributed by atoms with Crippen LogP contribution in [0.25, 0.3) is 0 Å². The van der Waals surface area contributed by atoms with Crippen LogP contribution in [0.5, 0.6) is 0 Å². The Labute approximate surface area is 157 Å². The predicted molar refractivity (Wildman–Crippen MR) is 105 cm³/mol. The van der Waals surface area contributed by atoms with Gasteiger partial charge >= 0.3 is 0 Å². The third-order valence-electron chi connectivity index (χ3n) is 5.45. The molecular formula is C20H33N5O. The molecule has 2 heterocycles. The minimum Gasteiger partial charge on any atom is -0.354 e. The molecule has 0 bridgehead atoms. The summed E-state index contributed by atoms with van der Waals surface area (Å²) < 4.78 is 0. The van der Waals surface area contributed by atoms with E-state index in [-0.39, 0.29) is 5.91 Å². The number of amides is 1. The fourth-order valence-electron chi connectivity index (χ4n) is 3.82. The zero-order chi connectivity index (χ0) is 18.5. The van der Waals surface area contributed by atoms with E-state index in [1.54, 1.807) is 0 Å². The van der Waals surface area contributed by atoms with E-state index in [0.717, 1.165) is 62.9 Å². The van der Waals surface area contributed by atoms with E-state index in [2.05, 4.69) is 40.0 Å². The van der Waals surface area contributed by atoms with Crippen LogP contribution in [-0.4, -0.2) is 59.5 Å². The van der Waals surface area contributed by atoms with Gasteiger partial charge in [-0.1, -0.05) is 26.7 Å². The molecular weight excluding hydrogens is 326 g/mol. The number of aromatic nitrogens is 2. The van der Waals surface area contributed by atoms with Crippen molar-refractivity contribution in [2.45, 2.75) is 64.8 Å². The minimum absolute atomic E-state index is 0.215. The molecule has 2 aliphatic rings. The number of rotatable bonds is 6. The van der Waals surface area contributed by atoms with E-state index in [4.69, 9.17) is 4.98 Å². The summed E-state index contributed by atoms with van der Waals surface area (Å²) in [4.78, 5) is 26.1. The van der Waals surface area contributed by atoms with Gasteiger partial charge in [0.05, 0.1) is 0 Å². The third kappa shape index (κ3) is 5.16. The van der Waals surface area contributed by atoms with Gasteiger partial charge in [0.25, 0.3) is 0 Å². The number of piperazine rings is 1. The molecule has 1 amide bonds. The quantitative estimate of drug-likeness (QED) is 0.845. The lowest BCUT2D eigenvalue weighted by molar-refractivity contribution is -0.122. The first kappa shape index (κ1) is 19.1. The van der Waals surface area contributed by atoms with Gasteiger partial charge in [-0.15, -0.1) is 0 Å². The number of aryl methyl sites for hydroxylation is 1. The molecule has 1 N–H and O–H groups in total. The molecule has 6 nitrogen and oxygen atoms in total. The standard InChI is InChI=1S/C20H33N5O/c1-15(2)20-21-16(3)14-18(23-20)25-12-10-24(11-13-25)9-8-19(26)22-17-6-4-5-7-17/h14-15,17H,4-13H2,1-3H3,(H,22,26). The molecule has 0 atom stereocenters. The van der Waals surface area contributed by atoms with Gasteiger partial charge in [0, 0.05) is 62.9 Å². The van der Waals surface area contributed by atoms with Crippen LogP contribution in [0.15, 0.2) is 6.07 Å². The first-order valence-electron chi connectivity index (χ1n) is 10.1. The van der Waals surface area contributed by atoms with Crippen molar-refractivity contribution in [2.75, 3.05) is 37.6 Å². The third-order valence-corrected chi connectivity index (χ3v) is 5.45. The van der Waals surface area contributed by atoms with Gasteiger partial charge in [0.2, 0.25) is 5.91 Å². The largest absolute Gasteiger partial charge is 0.354 e. The Balaban J connectivity index is 1.44. The molecule has 26 heavy (non-hydrogen) atoms. The topological polar surface area (TPSA) is 61.4 Å². The summed E-state index contributed by atoms with van der Waals surface area (Å²) in [7, 11) is 0. The molecule has 0 radical (unpaired) electrons. The highest BCUT2D eigenvalue weighted by Gasteiger charge is 2.21. The van der Waals surface area contributed by atoms with Gasteiger partial charge in [-0.05, 0) is 19.8 Å². The highest BCUT2D eigenvalue weighted by molar-refractivity contribution is 5.76. The van der Waals surface area contributed by atoms with Gasteiger partial charge in [0.1, 0.15) is 11.6 Å². The van der Waals surface area contributed by atoms with Gasteiger partial charge < -0.3 is 10.2 Å². The van der Waals surface area contributed by atoms with Gasteiger partial charge in [-0.25, -0.2) is 9.97 Å². The first-order chi connectivity index (χ1) is 12.5. The maximum Gasteiger partial charge on any atom is 0.221 e. The van der Waals surface area contributed by atoms with Crippen LogP contribution in [0.4, 0.5) is 5.82 Å².